The lowest BCUT2D eigenvalue weighted by atomic mass is 10.2. The van der Waals surface area contributed by atoms with Gasteiger partial charge in [-0.3, -0.25) is 15.1 Å². The number of rotatable bonds is 5. The Labute approximate surface area is 132 Å². The topological polar surface area (TPSA) is 94.4 Å². The Kier molecular flexibility index (Phi) is 6.27. The highest BCUT2D eigenvalue weighted by Gasteiger charge is 2.14. The summed E-state index contributed by atoms with van der Waals surface area (Å²) in [6.07, 6.45) is 2.61. The molecule has 0 amide bonds. The van der Waals surface area contributed by atoms with Crippen molar-refractivity contribution in [3.63, 3.8) is 0 Å². The van der Waals surface area contributed by atoms with E-state index in [9.17, 15) is 14.9 Å². The maximum absolute atomic E-state index is 11.7. The van der Waals surface area contributed by atoms with Crippen LogP contribution in [0.25, 0.3) is 0 Å². The zero-order valence-electron chi connectivity index (χ0n) is 11.7. The Balaban J connectivity index is 0.00000242. The average molecular weight is 324 g/mol. The number of pyridine rings is 1. The lowest BCUT2D eigenvalue weighted by Gasteiger charge is -2.08. The van der Waals surface area contributed by atoms with Gasteiger partial charge in [0, 0.05) is 11.9 Å². The SMILES string of the molecule is CCOC(=O)c1cccc(Nc2ccncc2[N+](=O)[O-])c1.Cl. The fraction of sp³-hybridized carbons (Fsp3) is 0.143. The number of halogens is 1. The number of carbonyl (C=O) groups is 1. The number of carbonyl (C=O) groups excluding carboxylic acids is 1. The van der Waals surface area contributed by atoms with Crippen molar-refractivity contribution in [2.75, 3.05) is 11.9 Å². The van der Waals surface area contributed by atoms with E-state index < -0.39 is 10.9 Å². The van der Waals surface area contributed by atoms with Crippen molar-refractivity contribution < 1.29 is 14.5 Å². The molecule has 0 saturated carbocycles. The molecule has 0 atom stereocenters. The maximum atomic E-state index is 11.7. The molecule has 0 radical (unpaired) electrons. The summed E-state index contributed by atoms with van der Waals surface area (Å²) in [6.45, 7) is 2.01. The molecule has 116 valence electrons. The van der Waals surface area contributed by atoms with Gasteiger partial charge in [-0.2, -0.15) is 0 Å². The molecule has 0 spiro atoms. The lowest BCUT2D eigenvalue weighted by Crippen LogP contribution is -2.05. The van der Waals surface area contributed by atoms with Crippen LogP contribution in [0.1, 0.15) is 17.3 Å². The van der Waals surface area contributed by atoms with E-state index in [1.807, 2.05) is 0 Å². The monoisotopic (exact) mass is 323 g/mol. The first-order valence-electron chi connectivity index (χ1n) is 6.24. The molecular formula is C14H14ClN3O4. The summed E-state index contributed by atoms with van der Waals surface area (Å²) in [5.41, 5.74) is 1.09. The quantitative estimate of drug-likeness (QED) is 0.515. The van der Waals surface area contributed by atoms with E-state index in [1.54, 1.807) is 31.2 Å². The van der Waals surface area contributed by atoms with Gasteiger partial charge in [0.25, 0.3) is 0 Å². The van der Waals surface area contributed by atoms with Crippen molar-refractivity contribution in [3.8, 4) is 0 Å². The molecular weight excluding hydrogens is 310 g/mol. The van der Waals surface area contributed by atoms with Crippen molar-refractivity contribution in [2.24, 2.45) is 0 Å². The first-order valence-corrected chi connectivity index (χ1v) is 6.24. The summed E-state index contributed by atoms with van der Waals surface area (Å²) in [7, 11) is 0. The average Bonchev–Trinajstić information content (AvgIpc) is 2.48. The molecule has 0 unspecified atom stereocenters. The number of esters is 1. The summed E-state index contributed by atoms with van der Waals surface area (Å²) in [4.78, 5) is 25.8. The first-order chi connectivity index (χ1) is 10.1. The van der Waals surface area contributed by atoms with Crippen LogP contribution in [0.3, 0.4) is 0 Å². The lowest BCUT2D eigenvalue weighted by molar-refractivity contribution is -0.384. The van der Waals surface area contributed by atoms with Crippen LogP contribution in [-0.2, 0) is 4.74 Å². The number of hydrogen-bond donors (Lipinski definition) is 1. The zero-order chi connectivity index (χ0) is 15.2. The van der Waals surface area contributed by atoms with E-state index in [1.165, 1.54) is 12.3 Å². The molecule has 0 aliphatic heterocycles. The Morgan fingerprint density at radius 2 is 2.18 bits per heavy atom. The van der Waals surface area contributed by atoms with E-state index in [0.717, 1.165) is 6.20 Å². The number of nitro groups is 1. The molecule has 2 aromatic rings. The van der Waals surface area contributed by atoms with Gasteiger partial charge in [-0.25, -0.2) is 4.79 Å². The van der Waals surface area contributed by atoms with Crippen molar-refractivity contribution in [3.05, 3.63) is 58.4 Å². The van der Waals surface area contributed by atoms with E-state index in [0.29, 0.717) is 16.9 Å². The first kappa shape index (κ1) is 17.4. The number of benzene rings is 1. The van der Waals surface area contributed by atoms with E-state index in [-0.39, 0.29) is 24.7 Å². The summed E-state index contributed by atoms with van der Waals surface area (Å²) in [5, 5.41) is 13.8. The minimum Gasteiger partial charge on any atom is -0.462 e. The standard InChI is InChI=1S/C14H13N3O4.ClH/c1-2-21-14(18)10-4-3-5-11(8-10)16-12-6-7-15-9-13(12)17(19)20;/h3-9H,2H2,1H3,(H,15,16);1H. The van der Waals surface area contributed by atoms with Gasteiger partial charge in [0.05, 0.1) is 17.1 Å². The predicted octanol–water partition coefficient (Wildman–Crippen LogP) is 3.33. The van der Waals surface area contributed by atoms with Gasteiger partial charge in [0.1, 0.15) is 11.9 Å². The number of nitrogens with one attached hydrogen (secondary N) is 1. The summed E-state index contributed by atoms with van der Waals surface area (Å²) in [6, 6.07) is 8.05. The Morgan fingerprint density at radius 1 is 1.41 bits per heavy atom. The number of aromatic nitrogens is 1. The van der Waals surface area contributed by atoms with Gasteiger partial charge >= 0.3 is 11.7 Å². The van der Waals surface area contributed by atoms with Crippen molar-refractivity contribution >= 4 is 35.4 Å². The normalized spacial score (nSPS) is 9.50. The van der Waals surface area contributed by atoms with Gasteiger partial charge in [0.15, 0.2) is 0 Å². The highest BCUT2D eigenvalue weighted by molar-refractivity contribution is 5.90. The number of hydrogen-bond acceptors (Lipinski definition) is 6. The summed E-state index contributed by atoms with van der Waals surface area (Å²) in [5.74, 6) is -0.439. The fourth-order valence-corrected chi connectivity index (χ4v) is 1.73. The van der Waals surface area contributed by atoms with E-state index >= 15 is 0 Å². The minimum absolute atomic E-state index is 0. The molecule has 0 fully saturated rings. The second-order valence-electron chi connectivity index (χ2n) is 4.08. The molecule has 0 aliphatic rings. The molecule has 22 heavy (non-hydrogen) atoms. The number of anilines is 2. The van der Waals surface area contributed by atoms with Gasteiger partial charge in [-0.05, 0) is 31.2 Å². The van der Waals surface area contributed by atoms with Crippen LogP contribution in [0.2, 0.25) is 0 Å². The van der Waals surface area contributed by atoms with Gasteiger partial charge in [-0.1, -0.05) is 6.07 Å². The summed E-state index contributed by atoms with van der Waals surface area (Å²) < 4.78 is 4.91. The third-order valence-corrected chi connectivity index (χ3v) is 2.65. The Hall–Kier alpha value is -2.67. The highest BCUT2D eigenvalue weighted by atomic mass is 35.5. The Bertz CT molecular complexity index is 679. The second-order valence-corrected chi connectivity index (χ2v) is 4.08. The third-order valence-electron chi connectivity index (χ3n) is 2.65. The summed E-state index contributed by atoms with van der Waals surface area (Å²) >= 11 is 0. The smallest absolute Gasteiger partial charge is 0.338 e. The van der Waals surface area contributed by atoms with Crippen LogP contribution < -0.4 is 5.32 Å². The molecule has 1 N–H and O–H groups in total. The van der Waals surface area contributed by atoms with E-state index in [2.05, 4.69) is 10.3 Å². The maximum Gasteiger partial charge on any atom is 0.338 e. The van der Waals surface area contributed by atoms with Crippen LogP contribution >= 0.6 is 12.4 Å². The largest absolute Gasteiger partial charge is 0.462 e. The van der Waals surface area contributed by atoms with Crippen LogP contribution in [0.15, 0.2) is 42.7 Å². The number of ether oxygens (including phenoxy) is 1. The minimum atomic E-state index is -0.523. The molecule has 0 bridgehead atoms. The molecule has 1 aromatic carbocycles. The molecule has 1 aromatic heterocycles. The van der Waals surface area contributed by atoms with Crippen LogP contribution in [-0.4, -0.2) is 22.5 Å². The van der Waals surface area contributed by atoms with Gasteiger partial charge < -0.3 is 10.1 Å². The van der Waals surface area contributed by atoms with Crippen molar-refractivity contribution in [1.29, 1.82) is 0 Å². The highest BCUT2D eigenvalue weighted by Crippen LogP contribution is 2.26. The predicted molar refractivity (Wildman–Crippen MR) is 83.8 cm³/mol. The molecule has 7 nitrogen and oxygen atoms in total. The second kappa shape index (κ2) is 7.94. The zero-order valence-corrected chi connectivity index (χ0v) is 12.5. The van der Waals surface area contributed by atoms with Crippen LogP contribution in [0.4, 0.5) is 17.1 Å². The Morgan fingerprint density at radius 3 is 2.86 bits per heavy atom. The molecule has 0 saturated heterocycles. The molecule has 0 aliphatic carbocycles. The van der Waals surface area contributed by atoms with E-state index in [4.69, 9.17) is 4.74 Å². The van der Waals surface area contributed by atoms with Crippen molar-refractivity contribution in [2.45, 2.75) is 6.92 Å². The molecule has 2 rings (SSSR count). The van der Waals surface area contributed by atoms with Gasteiger partial charge in [-0.15, -0.1) is 12.4 Å². The molecule has 8 heteroatoms. The van der Waals surface area contributed by atoms with Crippen molar-refractivity contribution in [1.82, 2.24) is 4.98 Å². The van der Waals surface area contributed by atoms with Crippen LogP contribution in [0.5, 0.6) is 0 Å². The van der Waals surface area contributed by atoms with Crippen LogP contribution in [0, 0.1) is 10.1 Å². The fourth-order valence-electron chi connectivity index (χ4n) is 1.73. The van der Waals surface area contributed by atoms with Gasteiger partial charge in [0.2, 0.25) is 0 Å². The third kappa shape index (κ3) is 4.16. The number of nitrogens with zero attached hydrogens (tertiary/aromatic N) is 2. The molecule has 1 heterocycles.